The van der Waals surface area contributed by atoms with Gasteiger partial charge in [0.05, 0.1) is 4.90 Å². The number of hydrogen-bond donors (Lipinski definition) is 2. The second-order valence-corrected chi connectivity index (χ2v) is 6.55. The van der Waals surface area contributed by atoms with Gasteiger partial charge in [0.25, 0.3) is 0 Å². The lowest BCUT2D eigenvalue weighted by Crippen LogP contribution is -2.17. The van der Waals surface area contributed by atoms with E-state index in [4.69, 9.17) is 0 Å². The van der Waals surface area contributed by atoms with Gasteiger partial charge in [-0.3, -0.25) is 0 Å². The summed E-state index contributed by atoms with van der Waals surface area (Å²) in [6.07, 6.45) is 2.42. The zero-order valence-corrected chi connectivity index (χ0v) is 10.8. The summed E-state index contributed by atoms with van der Waals surface area (Å²) in [6.45, 7) is 3.10. The molecule has 0 aromatic heterocycles. The molecule has 1 saturated heterocycles. The fourth-order valence-corrected chi connectivity index (χ4v) is 2.60. The average molecular weight is 254 g/mol. The quantitative estimate of drug-likeness (QED) is 0.845. The van der Waals surface area contributed by atoms with Gasteiger partial charge in [0.15, 0.2) is 9.84 Å². The number of hydrogen-bond acceptors (Lipinski definition) is 4. The lowest BCUT2D eigenvalue weighted by atomic mass is 10.1. The van der Waals surface area contributed by atoms with Crippen LogP contribution in [0.2, 0.25) is 0 Å². The van der Waals surface area contributed by atoms with Crippen LogP contribution in [0.4, 0.5) is 5.69 Å². The van der Waals surface area contributed by atoms with Gasteiger partial charge in [0, 0.05) is 18.5 Å². The third kappa shape index (κ3) is 3.44. The van der Waals surface area contributed by atoms with Crippen molar-refractivity contribution in [3.63, 3.8) is 0 Å². The SMILES string of the molecule is CS(=O)(=O)c1ccc(NCC2CCNC2)cc1. The van der Waals surface area contributed by atoms with Gasteiger partial charge in [-0.25, -0.2) is 8.42 Å². The lowest BCUT2D eigenvalue weighted by Gasteiger charge is -2.11. The standard InChI is InChI=1S/C12H18N2O2S/c1-17(15,16)12-4-2-11(3-5-12)14-9-10-6-7-13-8-10/h2-5,10,13-14H,6-9H2,1H3. The maximum absolute atomic E-state index is 11.3. The average Bonchev–Trinajstić information content (AvgIpc) is 2.78. The molecule has 0 radical (unpaired) electrons. The molecule has 0 bridgehead atoms. The minimum Gasteiger partial charge on any atom is -0.385 e. The van der Waals surface area contributed by atoms with Crippen LogP contribution in [-0.4, -0.2) is 34.3 Å². The molecule has 0 amide bonds. The monoisotopic (exact) mass is 254 g/mol. The van der Waals surface area contributed by atoms with Crippen LogP contribution in [0, 0.1) is 5.92 Å². The van der Waals surface area contributed by atoms with Gasteiger partial charge in [0.2, 0.25) is 0 Å². The van der Waals surface area contributed by atoms with Crippen molar-refractivity contribution in [2.45, 2.75) is 11.3 Å². The van der Waals surface area contributed by atoms with Gasteiger partial charge in [-0.2, -0.15) is 0 Å². The molecule has 1 fully saturated rings. The van der Waals surface area contributed by atoms with E-state index < -0.39 is 9.84 Å². The molecule has 94 valence electrons. The summed E-state index contributed by atoms with van der Waals surface area (Å²) in [5.74, 6) is 0.671. The van der Waals surface area contributed by atoms with Crippen LogP contribution in [0.25, 0.3) is 0 Å². The topological polar surface area (TPSA) is 58.2 Å². The van der Waals surface area contributed by atoms with E-state index in [1.807, 2.05) is 12.1 Å². The summed E-state index contributed by atoms with van der Waals surface area (Å²) in [6, 6.07) is 6.92. The van der Waals surface area contributed by atoms with Gasteiger partial charge >= 0.3 is 0 Å². The largest absolute Gasteiger partial charge is 0.385 e. The van der Waals surface area contributed by atoms with E-state index in [0.717, 1.165) is 25.3 Å². The Morgan fingerprint density at radius 3 is 2.59 bits per heavy atom. The van der Waals surface area contributed by atoms with Crippen LogP contribution in [0.15, 0.2) is 29.2 Å². The van der Waals surface area contributed by atoms with E-state index in [1.54, 1.807) is 12.1 Å². The third-order valence-electron chi connectivity index (χ3n) is 3.04. The third-order valence-corrected chi connectivity index (χ3v) is 4.17. The summed E-state index contributed by atoms with van der Waals surface area (Å²) in [4.78, 5) is 0.366. The predicted octanol–water partition coefficient (Wildman–Crippen LogP) is 1.11. The molecule has 5 heteroatoms. The van der Waals surface area contributed by atoms with Crippen LogP contribution in [0.1, 0.15) is 6.42 Å². The Kier molecular flexibility index (Phi) is 3.69. The Morgan fingerprint density at radius 2 is 2.06 bits per heavy atom. The molecule has 1 aliphatic heterocycles. The Hall–Kier alpha value is -1.07. The molecule has 1 aliphatic rings. The van der Waals surface area contributed by atoms with Crippen molar-refractivity contribution in [3.8, 4) is 0 Å². The van der Waals surface area contributed by atoms with E-state index >= 15 is 0 Å². The maximum atomic E-state index is 11.3. The first-order valence-corrected chi connectivity index (χ1v) is 7.69. The fraction of sp³-hybridized carbons (Fsp3) is 0.500. The zero-order valence-electron chi connectivity index (χ0n) is 9.94. The van der Waals surface area contributed by atoms with E-state index in [-0.39, 0.29) is 0 Å². The van der Waals surface area contributed by atoms with E-state index in [9.17, 15) is 8.42 Å². The molecule has 0 saturated carbocycles. The van der Waals surface area contributed by atoms with Crippen molar-refractivity contribution < 1.29 is 8.42 Å². The fourth-order valence-electron chi connectivity index (χ4n) is 1.97. The summed E-state index contributed by atoms with van der Waals surface area (Å²) < 4.78 is 22.6. The van der Waals surface area contributed by atoms with Gasteiger partial charge in [0.1, 0.15) is 0 Å². The Morgan fingerprint density at radius 1 is 1.35 bits per heavy atom. The molecule has 1 aromatic rings. The normalized spacial score (nSPS) is 20.4. The predicted molar refractivity (Wildman–Crippen MR) is 69.0 cm³/mol. The Labute approximate surface area is 102 Å². The summed E-state index contributed by atoms with van der Waals surface area (Å²) in [5.41, 5.74) is 0.976. The minimum absolute atomic E-state index is 0.366. The molecular formula is C12H18N2O2S. The highest BCUT2D eigenvalue weighted by Gasteiger charge is 2.13. The molecule has 0 aliphatic carbocycles. The van der Waals surface area contributed by atoms with Gasteiger partial charge in [-0.05, 0) is 49.7 Å². The summed E-state index contributed by atoms with van der Waals surface area (Å²) >= 11 is 0. The Balaban J connectivity index is 1.94. The first-order valence-electron chi connectivity index (χ1n) is 5.80. The van der Waals surface area contributed by atoms with Crippen molar-refractivity contribution in [3.05, 3.63) is 24.3 Å². The number of benzene rings is 1. The first-order chi connectivity index (χ1) is 8.05. The molecule has 17 heavy (non-hydrogen) atoms. The highest BCUT2D eigenvalue weighted by molar-refractivity contribution is 7.90. The number of rotatable bonds is 4. The van der Waals surface area contributed by atoms with Gasteiger partial charge < -0.3 is 10.6 Å². The molecule has 1 unspecified atom stereocenters. The number of nitrogens with one attached hydrogen (secondary N) is 2. The van der Waals surface area contributed by atoms with Crippen molar-refractivity contribution in [2.75, 3.05) is 31.2 Å². The number of sulfone groups is 1. The van der Waals surface area contributed by atoms with E-state index in [1.165, 1.54) is 12.7 Å². The molecule has 4 nitrogen and oxygen atoms in total. The highest BCUT2D eigenvalue weighted by Crippen LogP contribution is 2.15. The van der Waals surface area contributed by atoms with Gasteiger partial charge in [-0.1, -0.05) is 0 Å². The zero-order chi connectivity index (χ0) is 12.3. The molecule has 1 atom stereocenters. The van der Waals surface area contributed by atoms with Crippen molar-refractivity contribution >= 4 is 15.5 Å². The van der Waals surface area contributed by atoms with Crippen LogP contribution >= 0.6 is 0 Å². The maximum Gasteiger partial charge on any atom is 0.175 e. The smallest absolute Gasteiger partial charge is 0.175 e. The van der Waals surface area contributed by atoms with Crippen LogP contribution in [0.3, 0.4) is 0 Å². The molecular weight excluding hydrogens is 236 g/mol. The van der Waals surface area contributed by atoms with Crippen molar-refractivity contribution in [1.29, 1.82) is 0 Å². The highest BCUT2D eigenvalue weighted by atomic mass is 32.2. The molecule has 2 N–H and O–H groups in total. The van der Waals surface area contributed by atoms with E-state index in [2.05, 4.69) is 10.6 Å². The Bertz CT molecular complexity index is 462. The van der Waals surface area contributed by atoms with E-state index in [0.29, 0.717) is 10.8 Å². The second-order valence-electron chi connectivity index (χ2n) is 4.54. The molecule has 0 spiro atoms. The van der Waals surface area contributed by atoms with Crippen LogP contribution < -0.4 is 10.6 Å². The van der Waals surface area contributed by atoms with Crippen LogP contribution in [0.5, 0.6) is 0 Å². The van der Waals surface area contributed by atoms with Crippen molar-refractivity contribution in [2.24, 2.45) is 5.92 Å². The summed E-state index contributed by atoms with van der Waals surface area (Å²) in [5, 5.41) is 6.65. The van der Waals surface area contributed by atoms with Crippen LogP contribution in [-0.2, 0) is 9.84 Å². The van der Waals surface area contributed by atoms with Crippen molar-refractivity contribution in [1.82, 2.24) is 5.32 Å². The minimum atomic E-state index is -3.09. The second kappa shape index (κ2) is 5.06. The van der Waals surface area contributed by atoms with Gasteiger partial charge in [-0.15, -0.1) is 0 Å². The summed E-state index contributed by atoms with van der Waals surface area (Å²) in [7, 11) is -3.09. The number of anilines is 1. The molecule has 1 aromatic carbocycles. The lowest BCUT2D eigenvalue weighted by molar-refractivity contribution is 0.602. The molecule has 2 rings (SSSR count). The first kappa shape index (κ1) is 12.4. The molecule has 1 heterocycles.